The molecule has 1 nitrogen and oxygen atoms in total. The second-order valence-electron chi connectivity index (χ2n) is 12.4. The van der Waals surface area contributed by atoms with Crippen LogP contribution in [0.4, 0.5) is 0 Å². The average Bonchev–Trinajstić information content (AvgIpc) is 2.99. The first-order chi connectivity index (χ1) is 13.6. The van der Waals surface area contributed by atoms with Crippen LogP contribution in [0, 0.1) is 46.3 Å². The zero-order chi connectivity index (χ0) is 21.0. The molecule has 4 aliphatic carbocycles. The standard InChI is InChI=1S/C27H45IO/c1-18(2)7-6-8-19(3)22-11-12-23-21-10-9-20-17-27(28,29)16-15-25(20,4)24(21)13-14-26(22,23)5/h9,18-19,21-24,29H,6-8,10-17H2,1-5H3/t19-,21+,22-,23+,24+,25+,26-,27-/m1/s1. The van der Waals surface area contributed by atoms with Crippen molar-refractivity contribution in [3.8, 4) is 0 Å². The van der Waals surface area contributed by atoms with Crippen LogP contribution in [0.1, 0.15) is 105 Å². The minimum Gasteiger partial charge on any atom is -0.379 e. The average molecular weight is 513 g/mol. The van der Waals surface area contributed by atoms with Gasteiger partial charge in [0.05, 0.1) is 0 Å². The molecule has 4 aliphatic rings. The van der Waals surface area contributed by atoms with E-state index >= 15 is 0 Å². The molecule has 1 N–H and O–H groups in total. The van der Waals surface area contributed by atoms with Crippen LogP contribution in [0.2, 0.25) is 0 Å². The largest absolute Gasteiger partial charge is 0.379 e. The van der Waals surface area contributed by atoms with E-state index in [1.54, 1.807) is 5.57 Å². The van der Waals surface area contributed by atoms with Gasteiger partial charge >= 0.3 is 0 Å². The molecule has 2 heteroatoms. The van der Waals surface area contributed by atoms with Crippen molar-refractivity contribution in [3.63, 3.8) is 0 Å². The fraction of sp³-hybridized carbons (Fsp3) is 0.926. The second-order valence-corrected chi connectivity index (χ2v) is 14.4. The Morgan fingerprint density at radius 2 is 1.79 bits per heavy atom. The fourth-order valence-corrected chi connectivity index (χ4v) is 9.31. The molecular formula is C27H45IO. The van der Waals surface area contributed by atoms with Gasteiger partial charge in [-0.15, -0.1) is 0 Å². The van der Waals surface area contributed by atoms with Gasteiger partial charge in [-0.2, -0.15) is 0 Å². The lowest BCUT2D eigenvalue weighted by Crippen LogP contribution is -2.51. The van der Waals surface area contributed by atoms with Crippen LogP contribution in [-0.4, -0.2) is 8.71 Å². The predicted molar refractivity (Wildman–Crippen MR) is 132 cm³/mol. The molecule has 0 bridgehead atoms. The molecule has 0 spiro atoms. The van der Waals surface area contributed by atoms with E-state index in [1.807, 2.05) is 0 Å². The third-order valence-electron chi connectivity index (χ3n) is 10.3. The van der Waals surface area contributed by atoms with Gasteiger partial charge in [-0.3, -0.25) is 0 Å². The number of alkyl halides is 1. The Kier molecular flexibility index (Phi) is 6.31. The van der Waals surface area contributed by atoms with Crippen molar-refractivity contribution >= 4 is 22.6 Å². The van der Waals surface area contributed by atoms with E-state index in [1.165, 1.54) is 57.8 Å². The topological polar surface area (TPSA) is 20.2 Å². The number of fused-ring (bicyclic) bond motifs is 5. The lowest BCUT2D eigenvalue weighted by molar-refractivity contribution is -0.0586. The molecule has 0 radical (unpaired) electrons. The molecular weight excluding hydrogens is 467 g/mol. The molecule has 0 saturated heterocycles. The number of hydrogen-bond donors (Lipinski definition) is 1. The van der Waals surface area contributed by atoms with Gasteiger partial charge in [0.1, 0.15) is 3.61 Å². The molecule has 0 heterocycles. The summed E-state index contributed by atoms with van der Waals surface area (Å²) in [6, 6.07) is 0. The van der Waals surface area contributed by atoms with Crippen molar-refractivity contribution in [1.82, 2.24) is 0 Å². The Morgan fingerprint density at radius 1 is 1.03 bits per heavy atom. The normalized spacial score (nSPS) is 47.9. The van der Waals surface area contributed by atoms with Gasteiger partial charge in [0.25, 0.3) is 0 Å². The Balaban J connectivity index is 1.50. The summed E-state index contributed by atoms with van der Waals surface area (Å²) in [5.74, 6) is 5.40. The van der Waals surface area contributed by atoms with Crippen LogP contribution in [0.3, 0.4) is 0 Å². The van der Waals surface area contributed by atoms with Gasteiger partial charge in [-0.25, -0.2) is 0 Å². The smallest absolute Gasteiger partial charge is 0.119 e. The minimum absolute atomic E-state index is 0.364. The van der Waals surface area contributed by atoms with Crippen LogP contribution in [0.15, 0.2) is 11.6 Å². The van der Waals surface area contributed by atoms with Crippen molar-refractivity contribution in [3.05, 3.63) is 11.6 Å². The summed E-state index contributed by atoms with van der Waals surface area (Å²) < 4.78 is -0.497. The minimum atomic E-state index is -0.497. The second kappa shape index (κ2) is 8.09. The number of hydrogen-bond acceptors (Lipinski definition) is 1. The molecule has 0 aromatic carbocycles. The highest BCUT2D eigenvalue weighted by Crippen LogP contribution is 2.68. The van der Waals surface area contributed by atoms with E-state index in [9.17, 15) is 5.11 Å². The van der Waals surface area contributed by atoms with Gasteiger partial charge < -0.3 is 5.11 Å². The fourth-order valence-electron chi connectivity index (χ4n) is 8.63. The van der Waals surface area contributed by atoms with Gasteiger partial charge in [0, 0.05) is 6.42 Å². The molecule has 0 aliphatic heterocycles. The SMILES string of the molecule is CC(C)CCC[C@@H](C)[C@H]1CC[C@H]2[C@@H]3CC=C4C[C@@](O)(I)CC[C@]4(C)[C@H]3CC[C@]12C. The van der Waals surface area contributed by atoms with Gasteiger partial charge in [-0.1, -0.05) is 65.5 Å². The maximum absolute atomic E-state index is 10.7. The molecule has 0 unspecified atom stereocenters. The number of halogens is 1. The summed E-state index contributed by atoms with van der Waals surface area (Å²) in [7, 11) is 0. The Bertz CT molecular complexity index is 636. The van der Waals surface area contributed by atoms with Crippen molar-refractivity contribution in [2.45, 2.75) is 109 Å². The third-order valence-corrected chi connectivity index (χ3v) is 11.2. The van der Waals surface area contributed by atoms with E-state index in [0.717, 1.165) is 48.3 Å². The van der Waals surface area contributed by atoms with Crippen LogP contribution in [0.5, 0.6) is 0 Å². The molecule has 166 valence electrons. The first-order valence-corrected chi connectivity index (χ1v) is 13.8. The predicted octanol–water partition coefficient (Wildman–Crippen LogP) is 8.15. The first kappa shape index (κ1) is 22.6. The highest BCUT2D eigenvalue weighted by atomic mass is 127. The van der Waals surface area contributed by atoms with Crippen molar-refractivity contribution < 1.29 is 5.11 Å². The summed E-state index contributed by atoms with van der Waals surface area (Å²) >= 11 is 2.30. The molecule has 3 saturated carbocycles. The molecule has 29 heavy (non-hydrogen) atoms. The molecule has 0 amide bonds. The van der Waals surface area contributed by atoms with Crippen LogP contribution >= 0.6 is 22.6 Å². The van der Waals surface area contributed by atoms with E-state index in [4.69, 9.17) is 0 Å². The number of rotatable bonds is 5. The molecule has 4 rings (SSSR count). The van der Waals surface area contributed by atoms with Gasteiger partial charge in [-0.05, 0) is 114 Å². The van der Waals surface area contributed by atoms with Crippen molar-refractivity contribution in [2.24, 2.45) is 46.3 Å². The summed E-state index contributed by atoms with van der Waals surface area (Å²) in [4.78, 5) is 0. The molecule has 0 aromatic rings. The van der Waals surface area contributed by atoms with Crippen LogP contribution in [0.25, 0.3) is 0 Å². The van der Waals surface area contributed by atoms with Gasteiger partial charge in [0.2, 0.25) is 0 Å². The Hall–Kier alpha value is 0.430. The zero-order valence-electron chi connectivity index (χ0n) is 19.6. The first-order valence-electron chi connectivity index (χ1n) is 12.7. The van der Waals surface area contributed by atoms with E-state index in [0.29, 0.717) is 10.8 Å². The monoisotopic (exact) mass is 512 g/mol. The molecule has 8 atom stereocenters. The van der Waals surface area contributed by atoms with Gasteiger partial charge in [0.15, 0.2) is 0 Å². The quantitative estimate of drug-likeness (QED) is 0.224. The van der Waals surface area contributed by atoms with E-state index in [-0.39, 0.29) is 0 Å². The van der Waals surface area contributed by atoms with Crippen molar-refractivity contribution in [1.29, 1.82) is 0 Å². The highest BCUT2D eigenvalue weighted by molar-refractivity contribution is 14.1. The molecule has 3 fully saturated rings. The lowest BCUT2D eigenvalue weighted by Gasteiger charge is -2.59. The number of allylic oxidation sites excluding steroid dienone is 1. The lowest BCUT2D eigenvalue weighted by atomic mass is 9.47. The third kappa shape index (κ3) is 4.00. The van der Waals surface area contributed by atoms with Crippen molar-refractivity contribution in [2.75, 3.05) is 0 Å². The molecule has 0 aromatic heterocycles. The van der Waals surface area contributed by atoms with Crippen LogP contribution < -0.4 is 0 Å². The summed E-state index contributed by atoms with van der Waals surface area (Å²) in [6.45, 7) is 12.6. The Morgan fingerprint density at radius 3 is 2.52 bits per heavy atom. The summed E-state index contributed by atoms with van der Waals surface area (Å²) in [5, 5.41) is 10.7. The van der Waals surface area contributed by atoms with E-state index in [2.05, 4.69) is 63.3 Å². The zero-order valence-corrected chi connectivity index (χ0v) is 21.8. The maximum atomic E-state index is 10.7. The Labute approximate surface area is 194 Å². The maximum Gasteiger partial charge on any atom is 0.119 e. The van der Waals surface area contributed by atoms with Crippen LogP contribution in [-0.2, 0) is 0 Å². The summed E-state index contributed by atoms with van der Waals surface area (Å²) in [5.41, 5.74) is 2.55. The number of aliphatic hydroxyl groups is 1. The summed E-state index contributed by atoms with van der Waals surface area (Å²) in [6.07, 6.45) is 17.1. The highest BCUT2D eigenvalue weighted by Gasteiger charge is 2.59. The van der Waals surface area contributed by atoms with E-state index < -0.39 is 3.61 Å².